The van der Waals surface area contributed by atoms with E-state index in [1.807, 2.05) is 6.07 Å². The number of carbonyl (C=O) groups is 1. The maximum absolute atomic E-state index is 10.8. The molecule has 1 aromatic carbocycles. The second-order valence-corrected chi connectivity index (χ2v) is 4.07. The van der Waals surface area contributed by atoms with Gasteiger partial charge in [-0.3, -0.25) is 0 Å². The summed E-state index contributed by atoms with van der Waals surface area (Å²) in [6, 6.07) is 5.11. The molecule has 14 heavy (non-hydrogen) atoms. The van der Waals surface area contributed by atoms with Crippen molar-refractivity contribution >= 4 is 23.4 Å². The van der Waals surface area contributed by atoms with Crippen LogP contribution in [0.1, 0.15) is 23.7 Å². The fourth-order valence-electron chi connectivity index (χ4n) is 1.03. The lowest BCUT2D eigenvalue weighted by Crippen LogP contribution is -2.02. The SMILES string of the molecule is CCCSc1ccc(N)c(C(=O)O)c1. The van der Waals surface area contributed by atoms with Gasteiger partial charge in [-0.1, -0.05) is 6.92 Å². The highest BCUT2D eigenvalue weighted by molar-refractivity contribution is 7.99. The summed E-state index contributed by atoms with van der Waals surface area (Å²) in [5.41, 5.74) is 6.03. The molecule has 76 valence electrons. The number of benzene rings is 1. The number of hydrogen-bond donors (Lipinski definition) is 2. The molecule has 0 atom stereocenters. The van der Waals surface area contributed by atoms with E-state index in [-0.39, 0.29) is 5.56 Å². The van der Waals surface area contributed by atoms with Gasteiger partial charge in [-0.25, -0.2) is 4.79 Å². The molecule has 0 aromatic heterocycles. The van der Waals surface area contributed by atoms with E-state index in [1.54, 1.807) is 23.9 Å². The molecule has 0 saturated carbocycles. The van der Waals surface area contributed by atoms with Crippen LogP contribution in [-0.2, 0) is 0 Å². The van der Waals surface area contributed by atoms with Crippen LogP contribution in [0, 0.1) is 0 Å². The lowest BCUT2D eigenvalue weighted by atomic mass is 10.2. The third kappa shape index (κ3) is 2.67. The Kier molecular flexibility index (Phi) is 3.83. The summed E-state index contributed by atoms with van der Waals surface area (Å²) in [4.78, 5) is 11.7. The summed E-state index contributed by atoms with van der Waals surface area (Å²) >= 11 is 1.64. The molecule has 0 fully saturated rings. The van der Waals surface area contributed by atoms with Crippen LogP contribution in [0.3, 0.4) is 0 Å². The molecule has 3 N–H and O–H groups in total. The van der Waals surface area contributed by atoms with Crippen molar-refractivity contribution in [1.82, 2.24) is 0 Å². The molecule has 0 saturated heterocycles. The predicted molar refractivity (Wildman–Crippen MR) is 58.8 cm³/mol. The van der Waals surface area contributed by atoms with E-state index in [4.69, 9.17) is 10.8 Å². The molecule has 3 nitrogen and oxygen atoms in total. The average molecular weight is 211 g/mol. The number of carboxylic acids is 1. The molecule has 0 aliphatic carbocycles. The summed E-state index contributed by atoms with van der Waals surface area (Å²) in [7, 11) is 0. The molecule has 0 radical (unpaired) electrons. The molecule has 1 aromatic rings. The minimum atomic E-state index is -0.971. The largest absolute Gasteiger partial charge is 0.478 e. The highest BCUT2D eigenvalue weighted by Gasteiger charge is 2.08. The maximum atomic E-state index is 10.8. The van der Waals surface area contributed by atoms with Crippen LogP contribution >= 0.6 is 11.8 Å². The van der Waals surface area contributed by atoms with Gasteiger partial charge in [-0.15, -0.1) is 11.8 Å². The highest BCUT2D eigenvalue weighted by Crippen LogP contribution is 2.23. The zero-order chi connectivity index (χ0) is 10.6. The molecule has 0 aliphatic heterocycles. The average Bonchev–Trinajstić information content (AvgIpc) is 2.16. The topological polar surface area (TPSA) is 63.3 Å². The number of thioether (sulfide) groups is 1. The van der Waals surface area contributed by atoms with Crippen LogP contribution in [0.4, 0.5) is 5.69 Å². The second kappa shape index (κ2) is 4.91. The van der Waals surface area contributed by atoms with Crippen molar-refractivity contribution in [3.05, 3.63) is 23.8 Å². The first kappa shape index (κ1) is 10.9. The van der Waals surface area contributed by atoms with E-state index in [2.05, 4.69) is 6.92 Å². The van der Waals surface area contributed by atoms with Gasteiger partial charge in [0.1, 0.15) is 0 Å². The summed E-state index contributed by atoms with van der Waals surface area (Å²) in [5.74, 6) is 0.0182. The Labute approximate surface area is 87.3 Å². The Morgan fingerprint density at radius 1 is 1.57 bits per heavy atom. The summed E-state index contributed by atoms with van der Waals surface area (Å²) in [5, 5.41) is 8.83. The standard InChI is InChI=1S/C10H13NO2S/c1-2-5-14-7-3-4-9(11)8(6-7)10(12)13/h3-4,6H,2,5,11H2,1H3,(H,12,13). The minimum absolute atomic E-state index is 0.186. The number of hydrogen-bond acceptors (Lipinski definition) is 3. The van der Waals surface area contributed by atoms with Crippen LogP contribution in [0.15, 0.2) is 23.1 Å². The summed E-state index contributed by atoms with van der Waals surface area (Å²) in [6.45, 7) is 2.09. The number of aromatic carboxylic acids is 1. The molecular formula is C10H13NO2S. The number of carboxylic acid groups (broad SMARTS) is 1. The molecule has 0 spiro atoms. The fourth-order valence-corrected chi connectivity index (χ4v) is 1.84. The molecule has 1 rings (SSSR count). The van der Waals surface area contributed by atoms with Gasteiger partial charge >= 0.3 is 5.97 Å². The maximum Gasteiger partial charge on any atom is 0.337 e. The van der Waals surface area contributed by atoms with Crippen LogP contribution < -0.4 is 5.73 Å². The van der Waals surface area contributed by atoms with Gasteiger partial charge < -0.3 is 10.8 Å². The van der Waals surface area contributed by atoms with Gasteiger partial charge in [-0.05, 0) is 30.4 Å². The first-order valence-corrected chi connectivity index (χ1v) is 5.39. The van der Waals surface area contributed by atoms with Crippen molar-refractivity contribution in [2.75, 3.05) is 11.5 Å². The predicted octanol–water partition coefficient (Wildman–Crippen LogP) is 2.47. The lowest BCUT2D eigenvalue weighted by molar-refractivity contribution is 0.0698. The van der Waals surface area contributed by atoms with Gasteiger partial charge in [0.2, 0.25) is 0 Å². The van der Waals surface area contributed by atoms with E-state index >= 15 is 0 Å². The van der Waals surface area contributed by atoms with E-state index in [9.17, 15) is 4.79 Å². The molecular weight excluding hydrogens is 198 g/mol. The van der Waals surface area contributed by atoms with Crippen LogP contribution in [0.2, 0.25) is 0 Å². The number of anilines is 1. The number of rotatable bonds is 4. The zero-order valence-corrected chi connectivity index (χ0v) is 8.80. The van der Waals surface area contributed by atoms with Gasteiger partial charge in [0.25, 0.3) is 0 Å². The Hall–Kier alpha value is -1.16. The fraction of sp³-hybridized carbons (Fsp3) is 0.300. The normalized spacial score (nSPS) is 10.1. The molecule has 4 heteroatoms. The van der Waals surface area contributed by atoms with Crippen molar-refractivity contribution < 1.29 is 9.90 Å². The van der Waals surface area contributed by atoms with E-state index in [0.717, 1.165) is 17.1 Å². The minimum Gasteiger partial charge on any atom is -0.478 e. The molecule has 0 aliphatic rings. The van der Waals surface area contributed by atoms with Crippen LogP contribution in [0.25, 0.3) is 0 Å². The lowest BCUT2D eigenvalue weighted by Gasteiger charge is -2.04. The number of nitrogen functional groups attached to an aromatic ring is 1. The monoisotopic (exact) mass is 211 g/mol. The first-order chi connectivity index (χ1) is 6.65. The van der Waals surface area contributed by atoms with Crippen molar-refractivity contribution in [2.24, 2.45) is 0 Å². The van der Waals surface area contributed by atoms with Crippen LogP contribution in [-0.4, -0.2) is 16.8 Å². The van der Waals surface area contributed by atoms with Gasteiger partial charge in [0.05, 0.1) is 5.56 Å². The van der Waals surface area contributed by atoms with E-state index in [0.29, 0.717) is 5.69 Å². The molecule has 0 heterocycles. The Morgan fingerprint density at radius 2 is 2.29 bits per heavy atom. The molecule has 0 unspecified atom stereocenters. The molecule has 0 bridgehead atoms. The zero-order valence-electron chi connectivity index (χ0n) is 7.99. The van der Waals surface area contributed by atoms with Crippen molar-refractivity contribution in [3.63, 3.8) is 0 Å². The van der Waals surface area contributed by atoms with Crippen LogP contribution in [0.5, 0.6) is 0 Å². The highest BCUT2D eigenvalue weighted by atomic mass is 32.2. The third-order valence-corrected chi connectivity index (χ3v) is 2.93. The third-order valence-electron chi connectivity index (χ3n) is 1.73. The van der Waals surface area contributed by atoms with Gasteiger partial charge in [0, 0.05) is 10.6 Å². The van der Waals surface area contributed by atoms with E-state index < -0.39 is 5.97 Å². The van der Waals surface area contributed by atoms with Gasteiger partial charge in [0.15, 0.2) is 0 Å². The second-order valence-electron chi connectivity index (χ2n) is 2.90. The molecule has 0 amide bonds. The Morgan fingerprint density at radius 3 is 2.86 bits per heavy atom. The van der Waals surface area contributed by atoms with Gasteiger partial charge in [-0.2, -0.15) is 0 Å². The smallest absolute Gasteiger partial charge is 0.337 e. The van der Waals surface area contributed by atoms with E-state index in [1.165, 1.54) is 0 Å². The Balaban J connectivity index is 2.89. The van der Waals surface area contributed by atoms with Crippen molar-refractivity contribution in [3.8, 4) is 0 Å². The Bertz CT molecular complexity index is 339. The van der Waals surface area contributed by atoms with Crippen molar-refractivity contribution in [2.45, 2.75) is 18.2 Å². The number of nitrogens with two attached hydrogens (primary N) is 1. The van der Waals surface area contributed by atoms with Crippen molar-refractivity contribution in [1.29, 1.82) is 0 Å². The quantitative estimate of drug-likeness (QED) is 0.593. The summed E-state index contributed by atoms with van der Waals surface area (Å²) in [6.07, 6.45) is 1.07. The summed E-state index contributed by atoms with van der Waals surface area (Å²) < 4.78 is 0. The first-order valence-electron chi connectivity index (χ1n) is 4.40.